The average molecular weight is 547 g/mol. The van der Waals surface area contributed by atoms with Crippen LogP contribution in [0.15, 0.2) is 70.5 Å². The number of nitro benzene ring substituents is 1. The van der Waals surface area contributed by atoms with E-state index in [1.807, 2.05) is 32.0 Å². The number of rotatable bonds is 7. The molecule has 1 aliphatic heterocycles. The third-order valence-corrected chi connectivity index (χ3v) is 7.06. The van der Waals surface area contributed by atoms with Gasteiger partial charge in [-0.3, -0.25) is 14.9 Å². The molecule has 0 fully saturated rings. The van der Waals surface area contributed by atoms with Gasteiger partial charge in [0.05, 0.1) is 40.2 Å². The summed E-state index contributed by atoms with van der Waals surface area (Å²) in [5, 5.41) is 14.6. The van der Waals surface area contributed by atoms with Gasteiger partial charge in [0.25, 0.3) is 11.6 Å². The number of halogens is 3. The van der Waals surface area contributed by atoms with Crippen molar-refractivity contribution in [1.82, 2.24) is 5.32 Å². The number of amides is 1. The molecule has 0 saturated heterocycles. The molecule has 0 aliphatic carbocycles. The molecule has 0 aromatic heterocycles. The molecular formula is C27H25F3N2O5S. The van der Waals surface area contributed by atoms with Gasteiger partial charge in [-0.15, -0.1) is 0 Å². The fraction of sp³-hybridized carbons (Fsp3) is 0.296. The smallest absolute Gasteiger partial charge is 0.416 e. The first-order valence-electron chi connectivity index (χ1n) is 11.9. The molecule has 11 heteroatoms. The van der Waals surface area contributed by atoms with Crippen molar-refractivity contribution in [1.29, 1.82) is 0 Å². The lowest BCUT2D eigenvalue weighted by Gasteiger charge is -2.24. The number of fused-ring (bicyclic) bond motifs is 1. The summed E-state index contributed by atoms with van der Waals surface area (Å²) >= 11 is 0.863. The molecule has 7 nitrogen and oxygen atoms in total. The topological polar surface area (TPSA) is 90.7 Å². The normalized spacial score (nSPS) is 14.1. The van der Waals surface area contributed by atoms with E-state index >= 15 is 0 Å². The van der Waals surface area contributed by atoms with Crippen LogP contribution in [0.25, 0.3) is 0 Å². The minimum Gasteiger partial charge on any atom is -0.490 e. The molecule has 1 amide bonds. The zero-order valence-corrected chi connectivity index (χ0v) is 21.4. The van der Waals surface area contributed by atoms with Crippen LogP contribution in [-0.2, 0) is 6.18 Å². The predicted molar refractivity (Wildman–Crippen MR) is 136 cm³/mol. The van der Waals surface area contributed by atoms with Gasteiger partial charge < -0.3 is 14.8 Å². The van der Waals surface area contributed by atoms with Crippen LogP contribution in [0.2, 0.25) is 0 Å². The van der Waals surface area contributed by atoms with Crippen LogP contribution in [0, 0.1) is 16.0 Å². The highest BCUT2D eigenvalue weighted by molar-refractivity contribution is 7.99. The van der Waals surface area contributed by atoms with E-state index in [4.69, 9.17) is 9.47 Å². The summed E-state index contributed by atoms with van der Waals surface area (Å²) in [6.45, 7) is 5.00. The van der Waals surface area contributed by atoms with Crippen molar-refractivity contribution in [2.24, 2.45) is 5.92 Å². The number of nitrogens with zero attached hydrogens (tertiary/aromatic N) is 1. The zero-order valence-electron chi connectivity index (χ0n) is 20.6. The second kappa shape index (κ2) is 11.3. The lowest BCUT2D eigenvalue weighted by molar-refractivity contribution is -0.388. The molecule has 1 heterocycles. The molecule has 1 N–H and O–H groups in total. The van der Waals surface area contributed by atoms with E-state index in [0.29, 0.717) is 35.7 Å². The highest BCUT2D eigenvalue weighted by Gasteiger charge is 2.33. The number of carbonyl (C=O) groups excluding carboxylic acids is 1. The summed E-state index contributed by atoms with van der Waals surface area (Å²) in [5.74, 6) is 0.818. The summed E-state index contributed by atoms with van der Waals surface area (Å²) in [4.78, 5) is 24.5. The molecule has 3 aromatic rings. The van der Waals surface area contributed by atoms with Gasteiger partial charge in [0.15, 0.2) is 11.5 Å². The van der Waals surface area contributed by atoms with Gasteiger partial charge in [0.2, 0.25) is 0 Å². The van der Waals surface area contributed by atoms with E-state index in [9.17, 15) is 28.1 Å². The number of nitrogens with one attached hydrogen (secondary N) is 1. The van der Waals surface area contributed by atoms with Gasteiger partial charge in [-0.2, -0.15) is 13.2 Å². The number of ether oxygens (including phenoxy) is 2. The highest BCUT2D eigenvalue weighted by atomic mass is 32.2. The second-order valence-electron chi connectivity index (χ2n) is 8.99. The average Bonchev–Trinajstić information content (AvgIpc) is 3.11. The fourth-order valence-corrected chi connectivity index (χ4v) is 5.04. The van der Waals surface area contributed by atoms with Gasteiger partial charge in [-0.25, -0.2) is 0 Å². The van der Waals surface area contributed by atoms with E-state index in [2.05, 4.69) is 5.32 Å². The van der Waals surface area contributed by atoms with Gasteiger partial charge in [-0.05, 0) is 47.9 Å². The van der Waals surface area contributed by atoms with Gasteiger partial charge in [0.1, 0.15) is 0 Å². The maximum atomic E-state index is 13.4. The first-order chi connectivity index (χ1) is 18.0. The molecule has 0 unspecified atom stereocenters. The van der Waals surface area contributed by atoms with E-state index in [1.165, 1.54) is 0 Å². The molecule has 0 saturated carbocycles. The molecule has 1 aliphatic rings. The minimum absolute atomic E-state index is 0.000452. The number of carbonyl (C=O) groups is 1. The molecule has 4 rings (SSSR count). The van der Waals surface area contributed by atoms with Gasteiger partial charge in [0, 0.05) is 17.4 Å². The molecule has 1 atom stereocenters. The SMILES string of the molecule is CC(C)[C@H](NC(=O)c1ccccc1Sc1ccc(C(F)(F)F)cc1[N+](=O)[O-])c1ccc2c(c1)OCCCO2. The Balaban J connectivity index is 1.61. The Morgan fingerprint density at radius 3 is 2.39 bits per heavy atom. The van der Waals surface area contributed by atoms with Crippen LogP contribution < -0.4 is 14.8 Å². The monoisotopic (exact) mass is 546 g/mol. The van der Waals surface area contributed by atoms with Crippen LogP contribution >= 0.6 is 11.8 Å². The van der Waals surface area contributed by atoms with Crippen LogP contribution in [0.5, 0.6) is 11.5 Å². The Labute approximate surface area is 221 Å². The first kappa shape index (κ1) is 27.3. The predicted octanol–water partition coefficient (Wildman–Crippen LogP) is 7.05. The Morgan fingerprint density at radius 1 is 1.00 bits per heavy atom. The zero-order chi connectivity index (χ0) is 27.4. The molecule has 3 aromatic carbocycles. The van der Waals surface area contributed by atoms with Crippen LogP contribution in [0.3, 0.4) is 0 Å². The quantitative estimate of drug-likeness (QED) is 0.252. The van der Waals surface area contributed by atoms with Crippen molar-refractivity contribution >= 4 is 23.4 Å². The highest BCUT2D eigenvalue weighted by Crippen LogP contribution is 2.40. The van der Waals surface area contributed by atoms with Crippen molar-refractivity contribution in [2.75, 3.05) is 13.2 Å². The van der Waals surface area contributed by atoms with Gasteiger partial charge in [-0.1, -0.05) is 43.8 Å². The molecule has 0 radical (unpaired) electrons. The van der Waals surface area contributed by atoms with Crippen molar-refractivity contribution in [3.05, 3.63) is 87.5 Å². The molecule has 38 heavy (non-hydrogen) atoms. The lowest BCUT2D eigenvalue weighted by Crippen LogP contribution is -2.32. The lowest BCUT2D eigenvalue weighted by atomic mass is 9.95. The second-order valence-corrected chi connectivity index (χ2v) is 10.1. The summed E-state index contributed by atoms with van der Waals surface area (Å²) in [5.41, 5.74) is -0.741. The number of alkyl halides is 3. The largest absolute Gasteiger partial charge is 0.490 e. The van der Waals surface area contributed by atoms with E-state index < -0.39 is 34.3 Å². The Hall–Kier alpha value is -3.73. The number of hydrogen-bond donors (Lipinski definition) is 1. The third-order valence-electron chi connectivity index (χ3n) is 5.92. The van der Waals surface area contributed by atoms with Crippen molar-refractivity contribution in [2.45, 2.75) is 42.3 Å². The molecular weight excluding hydrogens is 521 g/mol. The Bertz CT molecular complexity index is 1350. The van der Waals surface area contributed by atoms with Crippen molar-refractivity contribution in [3.63, 3.8) is 0 Å². The minimum atomic E-state index is -4.72. The fourth-order valence-electron chi connectivity index (χ4n) is 4.01. The molecule has 200 valence electrons. The van der Waals surface area contributed by atoms with Crippen LogP contribution in [0.1, 0.15) is 47.8 Å². The van der Waals surface area contributed by atoms with Crippen molar-refractivity contribution in [3.8, 4) is 11.5 Å². The molecule has 0 spiro atoms. The summed E-state index contributed by atoms with van der Waals surface area (Å²) in [6.07, 6.45) is -3.95. The summed E-state index contributed by atoms with van der Waals surface area (Å²) < 4.78 is 50.8. The summed E-state index contributed by atoms with van der Waals surface area (Å²) in [7, 11) is 0. The van der Waals surface area contributed by atoms with Crippen molar-refractivity contribution < 1.29 is 32.4 Å². The first-order valence-corrected chi connectivity index (χ1v) is 12.7. The molecule has 0 bridgehead atoms. The number of nitro groups is 1. The number of benzene rings is 3. The standard InChI is InChI=1S/C27H25F3N2O5S/c1-16(2)25(17-8-10-21-22(14-17)37-13-5-12-36-21)31-26(33)19-6-3-4-7-23(19)38-24-11-9-18(27(28,29)30)15-20(24)32(34)35/h3-4,6-11,14-16,25H,5,12-13H2,1-2H3,(H,31,33)/t25-/m0/s1. The maximum Gasteiger partial charge on any atom is 0.416 e. The van der Waals surface area contributed by atoms with E-state index in [1.54, 1.807) is 24.3 Å². The number of hydrogen-bond acceptors (Lipinski definition) is 6. The van der Waals surface area contributed by atoms with Crippen LogP contribution in [0.4, 0.5) is 18.9 Å². The Morgan fingerprint density at radius 2 is 1.71 bits per heavy atom. The third kappa shape index (κ3) is 6.21. The summed E-state index contributed by atoms with van der Waals surface area (Å²) in [6, 6.07) is 13.9. The Kier molecular flexibility index (Phi) is 8.15. The van der Waals surface area contributed by atoms with Crippen LogP contribution in [-0.4, -0.2) is 24.0 Å². The van der Waals surface area contributed by atoms with Gasteiger partial charge >= 0.3 is 6.18 Å². The van der Waals surface area contributed by atoms with E-state index in [-0.39, 0.29) is 16.4 Å². The van der Waals surface area contributed by atoms with E-state index in [0.717, 1.165) is 35.9 Å². The maximum absolute atomic E-state index is 13.4.